The highest BCUT2D eigenvalue weighted by atomic mass is 16.2. The summed E-state index contributed by atoms with van der Waals surface area (Å²) in [6, 6.07) is 5.77. The number of nitrogens with two attached hydrogens (primary N) is 1. The van der Waals surface area contributed by atoms with E-state index in [4.69, 9.17) is 5.73 Å². The number of aryl methyl sites for hydroxylation is 1. The summed E-state index contributed by atoms with van der Waals surface area (Å²) in [6.07, 6.45) is 0.940. The van der Waals surface area contributed by atoms with Crippen molar-refractivity contribution in [2.24, 2.45) is 5.73 Å². The van der Waals surface area contributed by atoms with Gasteiger partial charge in [0.2, 0.25) is 5.91 Å². The first-order valence-electron chi connectivity index (χ1n) is 5.26. The van der Waals surface area contributed by atoms with Crippen molar-refractivity contribution in [3.63, 3.8) is 0 Å². The lowest BCUT2D eigenvalue weighted by molar-refractivity contribution is -0.119. The standard InChI is InChI=1S/C12H16N2O/c1-8-3-4-11-10(7-8)5-6-14(11)12(15)9(2)13/h3-4,7,9H,5-6,13H2,1-2H3/t9-/m1/s1. The highest BCUT2D eigenvalue weighted by molar-refractivity contribution is 5.98. The van der Waals surface area contributed by atoms with Crippen LogP contribution >= 0.6 is 0 Å². The molecule has 1 heterocycles. The number of anilines is 1. The van der Waals surface area contributed by atoms with Crippen molar-refractivity contribution in [1.82, 2.24) is 0 Å². The lowest BCUT2D eigenvalue weighted by atomic mass is 10.1. The molecule has 0 saturated carbocycles. The summed E-state index contributed by atoms with van der Waals surface area (Å²) in [6.45, 7) is 4.56. The smallest absolute Gasteiger partial charge is 0.243 e. The quantitative estimate of drug-likeness (QED) is 0.748. The Bertz CT molecular complexity index is 399. The Morgan fingerprint density at radius 2 is 2.27 bits per heavy atom. The number of benzene rings is 1. The number of hydrogen-bond donors (Lipinski definition) is 1. The maximum Gasteiger partial charge on any atom is 0.243 e. The van der Waals surface area contributed by atoms with Crippen LogP contribution in [0.2, 0.25) is 0 Å². The van der Waals surface area contributed by atoms with Gasteiger partial charge in [0.25, 0.3) is 0 Å². The molecule has 3 heteroatoms. The fourth-order valence-electron chi connectivity index (χ4n) is 2.01. The maximum atomic E-state index is 11.8. The van der Waals surface area contributed by atoms with Gasteiger partial charge in [0, 0.05) is 12.2 Å². The van der Waals surface area contributed by atoms with E-state index in [1.807, 2.05) is 12.1 Å². The van der Waals surface area contributed by atoms with Crippen molar-refractivity contribution in [2.45, 2.75) is 26.3 Å². The SMILES string of the molecule is Cc1ccc2c(c1)CCN2C(=O)[C@@H](C)N. The average molecular weight is 204 g/mol. The van der Waals surface area contributed by atoms with Gasteiger partial charge in [-0.15, -0.1) is 0 Å². The molecular formula is C12H16N2O. The number of carbonyl (C=O) groups is 1. The Kier molecular flexibility index (Phi) is 2.49. The van der Waals surface area contributed by atoms with Crippen molar-refractivity contribution >= 4 is 11.6 Å². The Balaban J connectivity index is 2.33. The van der Waals surface area contributed by atoms with E-state index in [-0.39, 0.29) is 5.91 Å². The molecule has 1 atom stereocenters. The van der Waals surface area contributed by atoms with E-state index in [2.05, 4.69) is 13.0 Å². The number of hydrogen-bond acceptors (Lipinski definition) is 2. The predicted molar refractivity (Wildman–Crippen MR) is 60.9 cm³/mol. The van der Waals surface area contributed by atoms with Crippen LogP contribution < -0.4 is 10.6 Å². The molecule has 0 fully saturated rings. The minimum Gasteiger partial charge on any atom is -0.320 e. The maximum absolute atomic E-state index is 11.8. The molecule has 2 rings (SSSR count). The van der Waals surface area contributed by atoms with Crippen LogP contribution in [-0.4, -0.2) is 18.5 Å². The largest absolute Gasteiger partial charge is 0.320 e. The van der Waals surface area contributed by atoms with Crippen molar-refractivity contribution in [1.29, 1.82) is 0 Å². The molecule has 0 spiro atoms. The van der Waals surface area contributed by atoms with Crippen molar-refractivity contribution in [3.05, 3.63) is 29.3 Å². The van der Waals surface area contributed by atoms with Gasteiger partial charge < -0.3 is 10.6 Å². The molecule has 0 aliphatic carbocycles. The number of carbonyl (C=O) groups excluding carboxylic acids is 1. The Morgan fingerprint density at radius 3 is 2.93 bits per heavy atom. The summed E-state index contributed by atoms with van der Waals surface area (Å²) >= 11 is 0. The third-order valence-electron chi connectivity index (χ3n) is 2.79. The van der Waals surface area contributed by atoms with Crippen molar-refractivity contribution < 1.29 is 4.79 Å². The van der Waals surface area contributed by atoms with Gasteiger partial charge in [-0.05, 0) is 31.9 Å². The van der Waals surface area contributed by atoms with Crippen molar-refractivity contribution in [3.8, 4) is 0 Å². The minimum atomic E-state index is -0.419. The molecule has 15 heavy (non-hydrogen) atoms. The molecule has 1 aromatic carbocycles. The Hall–Kier alpha value is -1.35. The monoisotopic (exact) mass is 204 g/mol. The molecular weight excluding hydrogens is 188 g/mol. The second-order valence-electron chi connectivity index (χ2n) is 4.16. The van der Waals surface area contributed by atoms with Gasteiger partial charge >= 0.3 is 0 Å². The average Bonchev–Trinajstić information content (AvgIpc) is 2.59. The number of rotatable bonds is 1. The van der Waals surface area contributed by atoms with Gasteiger partial charge in [0.05, 0.1) is 6.04 Å². The first-order valence-corrected chi connectivity index (χ1v) is 5.26. The van der Waals surface area contributed by atoms with E-state index in [0.29, 0.717) is 0 Å². The van der Waals surface area contributed by atoms with Crippen LogP contribution in [0.4, 0.5) is 5.69 Å². The predicted octanol–water partition coefficient (Wildman–Crippen LogP) is 1.23. The highest BCUT2D eigenvalue weighted by Gasteiger charge is 2.26. The Morgan fingerprint density at radius 1 is 1.53 bits per heavy atom. The molecule has 1 amide bonds. The van der Waals surface area contributed by atoms with Gasteiger partial charge in [-0.3, -0.25) is 4.79 Å². The highest BCUT2D eigenvalue weighted by Crippen LogP contribution is 2.28. The molecule has 0 aromatic heterocycles. The molecule has 80 valence electrons. The van der Waals surface area contributed by atoms with E-state index in [1.54, 1.807) is 11.8 Å². The molecule has 1 aliphatic rings. The summed E-state index contributed by atoms with van der Waals surface area (Å²) in [7, 11) is 0. The second-order valence-corrected chi connectivity index (χ2v) is 4.16. The van der Waals surface area contributed by atoms with Crippen LogP contribution in [0.3, 0.4) is 0 Å². The summed E-state index contributed by atoms with van der Waals surface area (Å²) in [5.41, 5.74) is 9.14. The van der Waals surface area contributed by atoms with Crippen LogP contribution in [0, 0.1) is 6.92 Å². The van der Waals surface area contributed by atoms with Gasteiger partial charge in [-0.25, -0.2) is 0 Å². The van der Waals surface area contributed by atoms with Crippen LogP contribution in [-0.2, 0) is 11.2 Å². The van der Waals surface area contributed by atoms with Gasteiger partial charge in [0.15, 0.2) is 0 Å². The lowest BCUT2D eigenvalue weighted by Gasteiger charge is -2.19. The lowest BCUT2D eigenvalue weighted by Crippen LogP contribution is -2.41. The number of nitrogens with zero attached hydrogens (tertiary/aromatic N) is 1. The molecule has 0 unspecified atom stereocenters. The third kappa shape index (κ3) is 1.75. The van der Waals surface area contributed by atoms with E-state index in [9.17, 15) is 4.79 Å². The van der Waals surface area contributed by atoms with Crippen molar-refractivity contribution in [2.75, 3.05) is 11.4 Å². The summed E-state index contributed by atoms with van der Waals surface area (Å²) in [5.74, 6) is 0.0117. The Labute approximate surface area is 89.9 Å². The topological polar surface area (TPSA) is 46.3 Å². The zero-order valence-corrected chi connectivity index (χ0v) is 9.16. The van der Waals surface area contributed by atoms with Crippen LogP contribution in [0.1, 0.15) is 18.1 Å². The minimum absolute atomic E-state index is 0.0117. The van der Waals surface area contributed by atoms with Crippen LogP contribution in [0.25, 0.3) is 0 Å². The van der Waals surface area contributed by atoms with E-state index < -0.39 is 6.04 Å². The number of fused-ring (bicyclic) bond motifs is 1. The van der Waals surface area contributed by atoms with Gasteiger partial charge in [-0.1, -0.05) is 17.7 Å². The number of amides is 1. The molecule has 0 saturated heterocycles. The first kappa shape index (κ1) is 10.2. The van der Waals surface area contributed by atoms with E-state index >= 15 is 0 Å². The third-order valence-corrected chi connectivity index (χ3v) is 2.79. The summed E-state index contributed by atoms with van der Waals surface area (Å²) < 4.78 is 0. The van der Waals surface area contributed by atoms with E-state index in [1.165, 1.54) is 11.1 Å². The zero-order chi connectivity index (χ0) is 11.0. The summed E-state index contributed by atoms with van der Waals surface area (Å²) in [4.78, 5) is 13.6. The van der Waals surface area contributed by atoms with Gasteiger partial charge in [-0.2, -0.15) is 0 Å². The molecule has 3 nitrogen and oxygen atoms in total. The first-order chi connectivity index (χ1) is 7.09. The van der Waals surface area contributed by atoms with E-state index in [0.717, 1.165) is 18.7 Å². The zero-order valence-electron chi connectivity index (χ0n) is 9.16. The molecule has 1 aliphatic heterocycles. The molecule has 0 bridgehead atoms. The normalized spacial score (nSPS) is 16.3. The van der Waals surface area contributed by atoms with Gasteiger partial charge in [0.1, 0.15) is 0 Å². The summed E-state index contributed by atoms with van der Waals surface area (Å²) in [5, 5.41) is 0. The van der Waals surface area contributed by atoms with Crippen LogP contribution in [0.5, 0.6) is 0 Å². The van der Waals surface area contributed by atoms with Crippen LogP contribution in [0.15, 0.2) is 18.2 Å². The second kappa shape index (κ2) is 3.66. The molecule has 0 radical (unpaired) electrons. The fraction of sp³-hybridized carbons (Fsp3) is 0.417. The fourth-order valence-corrected chi connectivity index (χ4v) is 2.01. The molecule has 2 N–H and O–H groups in total. The molecule has 1 aromatic rings.